The summed E-state index contributed by atoms with van der Waals surface area (Å²) >= 11 is 1.38. The van der Waals surface area contributed by atoms with E-state index in [4.69, 9.17) is 9.47 Å². The first-order valence-electron chi connectivity index (χ1n) is 12.0. The van der Waals surface area contributed by atoms with E-state index in [-0.39, 0.29) is 11.5 Å². The summed E-state index contributed by atoms with van der Waals surface area (Å²) in [5, 5.41) is 10.9. The number of amides is 2. The summed E-state index contributed by atoms with van der Waals surface area (Å²) in [6.45, 7) is 0.782. The molecular formula is C28H24F2N6O3S. The largest absolute Gasteiger partial charge is 0.493 e. The second-order valence-electron chi connectivity index (χ2n) is 8.66. The van der Waals surface area contributed by atoms with E-state index in [0.717, 1.165) is 28.0 Å². The van der Waals surface area contributed by atoms with Gasteiger partial charge in [-0.25, -0.2) is 19.4 Å². The van der Waals surface area contributed by atoms with E-state index in [0.29, 0.717) is 33.4 Å². The predicted molar refractivity (Wildman–Crippen MR) is 149 cm³/mol. The van der Waals surface area contributed by atoms with E-state index in [1.54, 1.807) is 68.8 Å². The zero-order chi connectivity index (χ0) is 28.3. The number of carbonyl (C=O) groups is 1. The monoisotopic (exact) mass is 562 g/mol. The lowest BCUT2D eigenvalue weighted by atomic mass is 10.2. The Morgan fingerprint density at radius 3 is 2.40 bits per heavy atom. The van der Waals surface area contributed by atoms with Crippen molar-refractivity contribution in [2.45, 2.75) is 22.8 Å². The number of methoxy groups -OCH3 is 2. The molecule has 40 heavy (non-hydrogen) atoms. The number of halogens is 2. The molecule has 0 aliphatic rings. The Kier molecular flexibility index (Phi) is 7.52. The molecule has 3 aromatic carbocycles. The third-order valence-corrected chi connectivity index (χ3v) is 6.82. The van der Waals surface area contributed by atoms with Crippen molar-refractivity contribution >= 4 is 40.2 Å². The van der Waals surface area contributed by atoms with Crippen LogP contribution in [0.15, 0.2) is 89.0 Å². The number of benzene rings is 3. The number of nitrogens with one attached hydrogen (secondary N) is 2. The third kappa shape index (κ3) is 5.81. The van der Waals surface area contributed by atoms with Crippen LogP contribution in [-0.2, 0) is 5.92 Å². The quantitative estimate of drug-likeness (QED) is 0.202. The van der Waals surface area contributed by atoms with Crippen molar-refractivity contribution in [3.05, 3.63) is 84.8 Å². The molecule has 0 aliphatic carbocycles. The highest BCUT2D eigenvalue weighted by Gasteiger charge is 2.31. The number of carbonyl (C=O) groups excluding carboxylic acids is 1. The van der Waals surface area contributed by atoms with Crippen molar-refractivity contribution < 1.29 is 23.0 Å². The Labute approximate surface area is 232 Å². The van der Waals surface area contributed by atoms with Gasteiger partial charge in [0, 0.05) is 35.0 Å². The van der Waals surface area contributed by atoms with Crippen LogP contribution in [0.3, 0.4) is 0 Å². The highest BCUT2D eigenvalue weighted by atomic mass is 32.2. The van der Waals surface area contributed by atoms with Gasteiger partial charge in [0.1, 0.15) is 17.0 Å². The Morgan fingerprint density at radius 1 is 0.925 bits per heavy atom. The van der Waals surface area contributed by atoms with Gasteiger partial charge < -0.3 is 14.8 Å². The summed E-state index contributed by atoms with van der Waals surface area (Å²) in [6, 6.07) is 19.8. The van der Waals surface area contributed by atoms with Gasteiger partial charge in [-0.3, -0.25) is 5.32 Å². The molecule has 0 unspecified atom stereocenters. The summed E-state index contributed by atoms with van der Waals surface area (Å²) in [4.78, 5) is 22.3. The number of anilines is 2. The van der Waals surface area contributed by atoms with Gasteiger partial charge in [-0.2, -0.15) is 8.78 Å². The van der Waals surface area contributed by atoms with Crippen LogP contribution < -0.4 is 20.1 Å². The zero-order valence-electron chi connectivity index (χ0n) is 21.7. The van der Waals surface area contributed by atoms with Gasteiger partial charge in [-0.15, -0.1) is 5.10 Å². The molecule has 0 fully saturated rings. The minimum Gasteiger partial charge on any atom is -0.493 e. The summed E-state index contributed by atoms with van der Waals surface area (Å²) in [5.74, 6) is -2.08. The first-order valence-corrected chi connectivity index (χ1v) is 12.8. The first-order chi connectivity index (χ1) is 19.2. The van der Waals surface area contributed by atoms with Gasteiger partial charge in [0.05, 0.1) is 25.4 Å². The van der Waals surface area contributed by atoms with E-state index >= 15 is 0 Å². The summed E-state index contributed by atoms with van der Waals surface area (Å²) < 4.78 is 40.5. The Morgan fingerprint density at radius 2 is 1.68 bits per heavy atom. The number of fused-ring (bicyclic) bond motifs is 1. The summed E-state index contributed by atoms with van der Waals surface area (Å²) in [6.07, 6.45) is 1.47. The van der Waals surface area contributed by atoms with Crippen LogP contribution in [0.2, 0.25) is 0 Å². The Hall–Kier alpha value is -4.71. The average Bonchev–Trinajstić information content (AvgIpc) is 3.37. The second-order valence-corrected chi connectivity index (χ2v) is 9.72. The fraction of sp³-hybridized carbons (Fsp3) is 0.143. The van der Waals surface area contributed by atoms with Crippen LogP contribution in [0.1, 0.15) is 12.6 Å². The van der Waals surface area contributed by atoms with Crippen molar-refractivity contribution in [2.24, 2.45) is 0 Å². The molecule has 0 bridgehead atoms. The van der Waals surface area contributed by atoms with Crippen LogP contribution in [0.25, 0.3) is 16.6 Å². The predicted octanol–water partition coefficient (Wildman–Crippen LogP) is 6.74. The fourth-order valence-electron chi connectivity index (χ4n) is 3.99. The number of alkyl halides is 2. The van der Waals surface area contributed by atoms with Gasteiger partial charge in [0.15, 0.2) is 17.3 Å². The van der Waals surface area contributed by atoms with Crippen LogP contribution in [-0.4, -0.2) is 40.0 Å². The SMILES string of the molecule is COc1cc2ncnc(Sc3cccc(NC(=O)Nc4cc(C(C)(F)F)n(-c5ccccc5)n4)c3)c2cc1OC. The van der Waals surface area contributed by atoms with E-state index in [9.17, 15) is 13.6 Å². The molecular weight excluding hydrogens is 538 g/mol. The van der Waals surface area contributed by atoms with Crippen molar-refractivity contribution in [1.82, 2.24) is 19.7 Å². The molecule has 0 saturated heterocycles. The number of aromatic nitrogens is 4. The minimum absolute atomic E-state index is 0.0137. The molecule has 2 amide bonds. The molecule has 2 N–H and O–H groups in total. The normalized spacial score (nSPS) is 11.3. The highest BCUT2D eigenvalue weighted by molar-refractivity contribution is 7.99. The molecule has 0 spiro atoms. The number of ether oxygens (including phenoxy) is 2. The molecule has 5 rings (SSSR count). The topological polar surface area (TPSA) is 103 Å². The van der Waals surface area contributed by atoms with Crippen molar-refractivity contribution in [1.29, 1.82) is 0 Å². The standard InChI is InChI=1S/C28H24F2N6O3S/c1-28(29,30)24-15-25(35-36(24)18-9-5-4-6-10-18)34-27(37)33-17-8-7-11-19(12-17)40-26-20-13-22(38-2)23(39-3)14-21(20)31-16-32-26/h4-16H,1-3H3,(H2,33,34,35,37). The summed E-state index contributed by atoms with van der Waals surface area (Å²) in [5.41, 5.74) is 1.28. The lowest BCUT2D eigenvalue weighted by Gasteiger charge is -2.12. The lowest BCUT2D eigenvalue weighted by Crippen LogP contribution is -2.19. The molecule has 2 aromatic heterocycles. The van der Waals surface area contributed by atoms with Gasteiger partial charge in [-0.05, 0) is 36.4 Å². The average molecular weight is 563 g/mol. The van der Waals surface area contributed by atoms with Gasteiger partial charge in [0.25, 0.3) is 5.92 Å². The zero-order valence-corrected chi connectivity index (χ0v) is 22.5. The maximum absolute atomic E-state index is 14.3. The van der Waals surface area contributed by atoms with Crippen LogP contribution >= 0.6 is 11.8 Å². The molecule has 2 heterocycles. The minimum atomic E-state index is -3.18. The maximum Gasteiger partial charge on any atom is 0.324 e. The van der Waals surface area contributed by atoms with E-state index in [1.165, 1.54) is 18.1 Å². The first kappa shape index (κ1) is 26.9. The maximum atomic E-state index is 14.3. The van der Waals surface area contributed by atoms with Gasteiger partial charge >= 0.3 is 6.03 Å². The fourth-order valence-corrected chi connectivity index (χ4v) is 4.92. The highest BCUT2D eigenvalue weighted by Crippen LogP contribution is 2.37. The van der Waals surface area contributed by atoms with Crippen LogP contribution in [0, 0.1) is 0 Å². The van der Waals surface area contributed by atoms with Crippen LogP contribution in [0.5, 0.6) is 11.5 Å². The number of hydrogen-bond donors (Lipinski definition) is 2. The molecule has 12 heteroatoms. The molecule has 9 nitrogen and oxygen atoms in total. The van der Waals surface area contributed by atoms with E-state index in [1.807, 2.05) is 12.1 Å². The number of urea groups is 1. The van der Waals surface area contributed by atoms with Crippen molar-refractivity contribution in [2.75, 3.05) is 24.9 Å². The molecule has 0 saturated carbocycles. The van der Waals surface area contributed by atoms with E-state index in [2.05, 4.69) is 25.7 Å². The van der Waals surface area contributed by atoms with E-state index < -0.39 is 12.0 Å². The Balaban J connectivity index is 1.34. The molecule has 204 valence electrons. The number of para-hydroxylation sites is 1. The third-order valence-electron chi connectivity index (χ3n) is 5.81. The van der Waals surface area contributed by atoms with Crippen LogP contribution in [0.4, 0.5) is 25.1 Å². The molecule has 5 aromatic rings. The van der Waals surface area contributed by atoms with Crippen molar-refractivity contribution in [3.63, 3.8) is 0 Å². The second kappa shape index (κ2) is 11.2. The Bertz CT molecular complexity index is 1670. The molecule has 0 radical (unpaired) electrons. The lowest BCUT2D eigenvalue weighted by molar-refractivity contribution is 0.0102. The number of nitrogens with zero attached hydrogens (tertiary/aromatic N) is 4. The number of rotatable bonds is 8. The smallest absolute Gasteiger partial charge is 0.324 e. The molecule has 0 aliphatic heterocycles. The van der Waals surface area contributed by atoms with Gasteiger partial charge in [0.2, 0.25) is 0 Å². The van der Waals surface area contributed by atoms with Gasteiger partial charge in [-0.1, -0.05) is 36.0 Å². The molecule has 0 atom stereocenters. The summed E-state index contributed by atoms with van der Waals surface area (Å²) in [7, 11) is 3.11. The number of hydrogen-bond acceptors (Lipinski definition) is 7. The van der Waals surface area contributed by atoms with Crippen molar-refractivity contribution in [3.8, 4) is 17.2 Å².